The predicted octanol–water partition coefficient (Wildman–Crippen LogP) is 3.43. The SMILES string of the molecule is CC(=O)Nc1ccc(OC(=O)c2c(C)nn(C(C)(C)C)c2C)cc1. The molecule has 0 aliphatic carbocycles. The van der Waals surface area contributed by atoms with E-state index in [-0.39, 0.29) is 11.4 Å². The Morgan fingerprint density at radius 1 is 1.12 bits per heavy atom. The van der Waals surface area contributed by atoms with Crippen LogP contribution in [-0.2, 0) is 10.3 Å². The van der Waals surface area contributed by atoms with Crippen LogP contribution in [0, 0.1) is 13.8 Å². The van der Waals surface area contributed by atoms with Crippen molar-refractivity contribution < 1.29 is 14.3 Å². The fourth-order valence-corrected chi connectivity index (χ4v) is 2.56. The first kappa shape index (κ1) is 17.7. The van der Waals surface area contributed by atoms with Crippen LogP contribution in [0.25, 0.3) is 0 Å². The van der Waals surface area contributed by atoms with Crippen LogP contribution in [0.2, 0.25) is 0 Å². The van der Waals surface area contributed by atoms with E-state index in [1.807, 2.05) is 32.4 Å². The summed E-state index contributed by atoms with van der Waals surface area (Å²) < 4.78 is 7.28. The number of nitrogens with zero attached hydrogens (tertiary/aromatic N) is 2. The number of rotatable bonds is 3. The third-order valence-corrected chi connectivity index (χ3v) is 3.52. The van der Waals surface area contributed by atoms with Gasteiger partial charge in [-0.2, -0.15) is 5.10 Å². The van der Waals surface area contributed by atoms with E-state index in [1.165, 1.54) is 6.92 Å². The molecule has 6 nitrogen and oxygen atoms in total. The molecule has 0 radical (unpaired) electrons. The Balaban J connectivity index is 2.21. The predicted molar refractivity (Wildman–Crippen MR) is 92.4 cm³/mol. The van der Waals surface area contributed by atoms with Gasteiger partial charge in [-0.3, -0.25) is 9.48 Å². The second kappa shape index (κ2) is 6.47. The van der Waals surface area contributed by atoms with Gasteiger partial charge in [-0.1, -0.05) is 0 Å². The number of benzene rings is 1. The maximum atomic E-state index is 12.5. The van der Waals surface area contributed by atoms with Crippen molar-refractivity contribution >= 4 is 17.6 Å². The second-order valence-corrected chi connectivity index (χ2v) is 6.72. The molecule has 1 N–H and O–H groups in total. The molecule has 1 heterocycles. The molecule has 1 amide bonds. The maximum absolute atomic E-state index is 12.5. The molecule has 24 heavy (non-hydrogen) atoms. The van der Waals surface area contributed by atoms with E-state index in [9.17, 15) is 9.59 Å². The van der Waals surface area contributed by atoms with Crippen molar-refractivity contribution in [1.29, 1.82) is 0 Å². The quantitative estimate of drug-likeness (QED) is 0.691. The van der Waals surface area contributed by atoms with E-state index in [2.05, 4.69) is 10.4 Å². The number of amides is 1. The molecule has 0 saturated carbocycles. The monoisotopic (exact) mass is 329 g/mol. The summed E-state index contributed by atoms with van der Waals surface area (Å²) in [4.78, 5) is 23.5. The van der Waals surface area contributed by atoms with Crippen molar-refractivity contribution in [2.24, 2.45) is 0 Å². The molecule has 6 heteroatoms. The first-order valence-corrected chi connectivity index (χ1v) is 7.76. The number of ether oxygens (including phenoxy) is 1. The van der Waals surface area contributed by atoms with E-state index in [0.29, 0.717) is 22.7 Å². The van der Waals surface area contributed by atoms with Gasteiger partial charge in [-0.25, -0.2) is 4.79 Å². The lowest BCUT2D eigenvalue weighted by Crippen LogP contribution is -2.25. The van der Waals surface area contributed by atoms with E-state index >= 15 is 0 Å². The van der Waals surface area contributed by atoms with Gasteiger partial charge in [0.2, 0.25) is 5.91 Å². The summed E-state index contributed by atoms with van der Waals surface area (Å²) in [6.45, 7) is 11.2. The Labute approximate surface area is 141 Å². The molecule has 0 spiro atoms. The van der Waals surface area contributed by atoms with Crippen molar-refractivity contribution in [3.05, 3.63) is 41.2 Å². The summed E-state index contributed by atoms with van der Waals surface area (Å²) in [7, 11) is 0. The van der Waals surface area contributed by atoms with Crippen LogP contribution in [0.15, 0.2) is 24.3 Å². The number of carbonyl (C=O) groups is 2. The molecule has 0 bridgehead atoms. The fraction of sp³-hybridized carbons (Fsp3) is 0.389. The van der Waals surface area contributed by atoms with Crippen LogP contribution in [0.1, 0.15) is 49.4 Å². The van der Waals surface area contributed by atoms with Crippen LogP contribution in [0.4, 0.5) is 5.69 Å². The molecule has 0 unspecified atom stereocenters. The molecule has 0 fully saturated rings. The topological polar surface area (TPSA) is 73.2 Å². The molecule has 0 aliphatic rings. The molecule has 0 atom stereocenters. The third kappa shape index (κ3) is 3.82. The number of anilines is 1. The molecule has 0 aliphatic heterocycles. The van der Waals surface area contributed by atoms with E-state index < -0.39 is 5.97 Å². The van der Waals surface area contributed by atoms with Gasteiger partial charge in [0.05, 0.1) is 16.9 Å². The van der Waals surface area contributed by atoms with Crippen molar-refractivity contribution in [2.75, 3.05) is 5.32 Å². The lowest BCUT2D eigenvalue weighted by molar-refractivity contribution is -0.114. The van der Waals surface area contributed by atoms with Gasteiger partial charge in [-0.05, 0) is 58.9 Å². The Kier molecular flexibility index (Phi) is 4.78. The number of nitrogens with one attached hydrogen (secondary N) is 1. The zero-order valence-corrected chi connectivity index (χ0v) is 14.9. The number of hydrogen-bond donors (Lipinski definition) is 1. The van der Waals surface area contributed by atoms with Crippen LogP contribution < -0.4 is 10.1 Å². The van der Waals surface area contributed by atoms with Crippen LogP contribution in [0.5, 0.6) is 5.75 Å². The minimum Gasteiger partial charge on any atom is -0.423 e. The van der Waals surface area contributed by atoms with Crippen LogP contribution >= 0.6 is 0 Å². The molecule has 128 valence electrons. The van der Waals surface area contributed by atoms with Crippen molar-refractivity contribution in [1.82, 2.24) is 9.78 Å². The summed E-state index contributed by atoms with van der Waals surface area (Å²) in [5, 5.41) is 7.12. The smallest absolute Gasteiger partial charge is 0.347 e. The van der Waals surface area contributed by atoms with Gasteiger partial charge in [-0.15, -0.1) is 0 Å². The minimum absolute atomic E-state index is 0.152. The highest BCUT2D eigenvalue weighted by molar-refractivity contribution is 5.93. The summed E-state index contributed by atoms with van der Waals surface area (Å²) >= 11 is 0. The van der Waals surface area contributed by atoms with Gasteiger partial charge in [0.15, 0.2) is 0 Å². The van der Waals surface area contributed by atoms with Crippen molar-refractivity contribution in [3.8, 4) is 5.75 Å². The molecule has 2 aromatic rings. The molecule has 2 rings (SSSR count). The lowest BCUT2D eigenvalue weighted by atomic mass is 10.1. The summed E-state index contributed by atoms with van der Waals surface area (Å²) in [6.07, 6.45) is 0. The number of hydrogen-bond acceptors (Lipinski definition) is 4. The Morgan fingerprint density at radius 3 is 2.17 bits per heavy atom. The van der Waals surface area contributed by atoms with Crippen LogP contribution in [-0.4, -0.2) is 21.7 Å². The number of carbonyl (C=O) groups excluding carboxylic acids is 2. The molecular formula is C18H23N3O3. The van der Waals surface area contributed by atoms with E-state index in [4.69, 9.17) is 4.74 Å². The van der Waals surface area contributed by atoms with Crippen LogP contribution in [0.3, 0.4) is 0 Å². The second-order valence-electron chi connectivity index (χ2n) is 6.72. The van der Waals surface area contributed by atoms with Gasteiger partial charge < -0.3 is 10.1 Å². The molecule has 1 aromatic carbocycles. The van der Waals surface area contributed by atoms with Gasteiger partial charge in [0.1, 0.15) is 11.3 Å². The summed E-state index contributed by atoms with van der Waals surface area (Å²) in [5.74, 6) is -0.176. The van der Waals surface area contributed by atoms with Crippen molar-refractivity contribution in [2.45, 2.75) is 47.1 Å². The van der Waals surface area contributed by atoms with E-state index in [0.717, 1.165) is 5.69 Å². The zero-order valence-electron chi connectivity index (χ0n) is 14.9. The Morgan fingerprint density at radius 2 is 1.71 bits per heavy atom. The normalized spacial score (nSPS) is 11.2. The summed E-state index contributed by atoms with van der Waals surface area (Å²) in [5.41, 5.74) is 2.33. The first-order valence-electron chi connectivity index (χ1n) is 7.76. The number of aromatic nitrogens is 2. The van der Waals surface area contributed by atoms with Gasteiger partial charge >= 0.3 is 5.97 Å². The highest BCUT2D eigenvalue weighted by atomic mass is 16.5. The third-order valence-electron chi connectivity index (χ3n) is 3.52. The fourth-order valence-electron chi connectivity index (χ4n) is 2.56. The average Bonchev–Trinajstić information content (AvgIpc) is 2.75. The Bertz CT molecular complexity index is 768. The van der Waals surface area contributed by atoms with Gasteiger partial charge in [0, 0.05) is 12.6 Å². The summed E-state index contributed by atoms with van der Waals surface area (Å²) in [6, 6.07) is 6.65. The first-order chi connectivity index (χ1) is 11.1. The maximum Gasteiger partial charge on any atom is 0.347 e. The van der Waals surface area contributed by atoms with E-state index in [1.54, 1.807) is 31.2 Å². The van der Waals surface area contributed by atoms with Gasteiger partial charge in [0.25, 0.3) is 0 Å². The zero-order chi connectivity index (χ0) is 18.1. The largest absolute Gasteiger partial charge is 0.423 e. The molecule has 1 aromatic heterocycles. The lowest BCUT2D eigenvalue weighted by Gasteiger charge is -2.21. The van der Waals surface area contributed by atoms with Crippen molar-refractivity contribution in [3.63, 3.8) is 0 Å². The molecular weight excluding hydrogens is 306 g/mol. The number of esters is 1. The average molecular weight is 329 g/mol. The highest BCUT2D eigenvalue weighted by Gasteiger charge is 2.25. The Hall–Kier alpha value is -2.63. The minimum atomic E-state index is -0.437. The highest BCUT2D eigenvalue weighted by Crippen LogP contribution is 2.23. The number of aryl methyl sites for hydroxylation is 1. The standard InChI is InChI=1S/C18H23N3O3/c1-11-16(12(2)21(20-11)18(4,5)6)17(23)24-15-9-7-14(8-10-15)19-13(3)22/h7-10H,1-6H3,(H,19,22). The molecule has 0 saturated heterocycles.